The van der Waals surface area contributed by atoms with Crippen LogP contribution in [-0.4, -0.2) is 42.0 Å². The fourth-order valence-electron chi connectivity index (χ4n) is 4.58. The van der Waals surface area contributed by atoms with Gasteiger partial charge in [-0.25, -0.2) is 9.69 Å². The van der Waals surface area contributed by atoms with Gasteiger partial charge in [0.05, 0.1) is 6.67 Å². The van der Waals surface area contributed by atoms with Gasteiger partial charge in [-0.05, 0) is 38.1 Å². The Balaban J connectivity index is 1.64. The van der Waals surface area contributed by atoms with Gasteiger partial charge in [0, 0.05) is 0 Å². The fraction of sp³-hybridized carbons (Fsp3) is 0.500. The molecule has 0 bridgehead atoms. The molecule has 1 atom stereocenters. The zero-order valence-electron chi connectivity index (χ0n) is 20.5. The Labute approximate surface area is 199 Å². The highest BCUT2D eigenvalue weighted by Gasteiger charge is 2.53. The molecule has 3 rings (SSSR count). The molecule has 1 N–H and O–H groups in total. The van der Waals surface area contributed by atoms with Gasteiger partial charge in [-0.15, -0.1) is 0 Å². The molecule has 1 aliphatic heterocycles. The van der Waals surface area contributed by atoms with Crippen molar-refractivity contribution in [3.05, 3.63) is 71.3 Å². The van der Waals surface area contributed by atoms with Crippen LogP contribution in [0.2, 0.25) is 0 Å². The highest BCUT2D eigenvalue weighted by Crippen LogP contribution is 2.36. The summed E-state index contributed by atoms with van der Waals surface area (Å²) in [5.74, 6) is -0.217. The lowest BCUT2D eigenvalue weighted by atomic mass is 9.82. The molecule has 178 valence electrons. The Morgan fingerprint density at radius 3 is 2.03 bits per heavy atom. The van der Waals surface area contributed by atoms with Crippen LogP contribution in [0.25, 0.3) is 0 Å². The number of hydrogen-bond acceptors (Lipinski definition) is 3. The summed E-state index contributed by atoms with van der Waals surface area (Å²) >= 11 is 0. The van der Waals surface area contributed by atoms with Gasteiger partial charge in [-0.3, -0.25) is 9.69 Å². The van der Waals surface area contributed by atoms with E-state index in [-0.39, 0.29) is 11.9 Å². The van der Waals surface area contributed by atoms with Gasteiger partial charge in [0.2, 0.25) is 0 Å². The van der Waals surface area contributed by atoms with Crippen LogP contribution in [0.15, 0.2) is 54.6 Å². The third-order valence-electron chi connectivity index (χ3n) is 6.57. The molecule has 1 unspecified atom stereocenters. The molecule has 0 saturated carbocycles. The third kappa shape index (κ3) is 6.02. The number of urea groups is 1. The van der Waals surface area contributed by atoms with E-state index in [4.69, 9.17) is 0 Å². The van der Waals surface area contributed by atoms with Crippen molar-refractivity contribution in [1.29, 1.82) is 0 Å². The van der Waals surface area contributed by atoms with Gasteiger partial charge >= 0.3 is 6.03 Å². The van der Waals surface area contributed by atoms with Crippen molar-refractivity contribution in [2.45, 2.75) is 70.8 Å². The van der Waals surface area contributed by atoms with E-state index >= 15 is 0 Å². The molecule has 2 aromatic carbocycles. The van der Waals surface area contributed by atoms with Crippen LogP contribution >= 0.6 is 0 Å². The number of rotatable bonds is 13. The van der Waals surface area contributed by atoms with E-state index in [9.17, 15) is 9.59 Å². The summed E-state index contributed by atoms with van der Waals surface area (Å²) < 4.78 is 0. The number of carbonyl (C=O) groups is 2. The highest BCUT2D eigenvalue weighted by molar-refractivity contribution is 6.09. The molecule has 1 fully saturated rings. The molecule has 5 nitrogen and oxygen atoms in total. The molecule has 1 aliphatic rings. The molecule has 2 aromatic rings. The number of nitrogens with one attached hydrogen (secondary N) is 1. The van der Waals surface area contributed by atoms with Crippen molar-refractivity contribution in [1.82, 2.24) is 15.1 Å². The van der Waals surface area contributed by atoms with Crippen LogP contribution in [0, 0.1) is 6.92 Å². The van der Waals surface area contributed by atoms with Crippen LogP contribution in [-0.2, 0) is 10.3 Å². The molecular formula is C28H39N3O2. The minimum absolute atomic E-state index is 0.217. The average molecular weight is 450 g/mol. The Bertz CT molecular complexity index is 897. The minimum atomic E-state index is -1.19. The predicted octanol–water partition coefficient (Wildman–Crippen LogP) is 5.82. The lowest BCUT2D eigenvalue weighted by molar-refractivity contribution is -0.131. The Hall–Kier alpha value is -2.66. The quantitative estimate of drug-likeness (QED) is 0.310. The topological polar surface area (TPSA) is 52.6 Å². The van der Waals surface area contributed by atoms with Gasteiger partial charge in [0.1, 0.15) is 0 Å². The van der Waals surface area contributed by atoms with E-state index in [2.05, 4.69) is 17.1 Å². The van der Waals surface area contributed by atoms with Crippen molar-refractivity contribution in [3.63, 3.8) is 0 Å². The lowest BCUT2D eigenvalue weighted by Crippen LogP contribution is -2.46. The Morgan fingerprint density at radius 2 is 1.39 bits per heavy atom. The predicted molar refractivity (Wildman–Crippen MR) is 134 cm³/mol. The molecule has 3 amide bonds. The molecule has 33 heavy (non-hydrogen) atoms. The Morgan fingerprint density at radius 1 is 0.818 bits per heavy atom. The first-order valence-corrected chi connectivity index (χ1v) is 12.4. The van der Waals surface area contributed by atoms with E-state index in [1.54, 1.807) is 0 Å². The summed E-state index contributed by atoms with van der Waals surface area (Å²) in [6.45, 7) is 5.42. The molecule has 0 spiro atoms. The number of imide groups is 1. The maximum Gasteiger partial charge on any atom is 0.326 e. The summed E-state index contributed by atoms with van der Waals surface area (Å²) in [7, 11) is 1.98. The van der Waals surface area contributed by atoms with Crippen LogP contribution in [0.4, 0.5) is 4.79 Å². The second kappa shape index (κ2) is 12.0. The largest absolute Gasteiger partial charge is 0.326 e. The van der Waals surface area contributed by atoms with Crippen LogP contribution in [0.3, 0.4) is 0 Å². The lowest BCUT2D eigenvalue weighted by Gasteiger charge is -2.29. The summed E-state index contributed by atoms with van der Waals surface area (Å²) in [6.07, 6.45) is 10.1. The van der Waals surface area contributed by atoms with Gasteiger partial charge in [0.15, 0.2) is 5.54 Å². The number of amides is 3. The molecule has 0 aromatic heterocycles. The standard InChI is InChI=1S/C28H39N3O2/c1-4-5-6-7-8-9-10-14-21-30(3)22-31-26(32)28(29-27(31)33,24-15-12-11-13-16-24)25-19-17-23(2)18-20-25/h11-13,15-20H,4-10,14,21-22H2,1-3H3,(H,29,33). The van der Waals surface area contributed by atoms with Crippen molar-refractivity contribution in [3.8, 4) is 0 Å². The van der Waals surface area contributed by atoms with Crippen molar-refractivity contribution < 1.29 is 9.59 Å². The molecular weight excluding hydrogens is 410 g/mol. The summed E-state index contributed by atoms with van der Waals surface area (Å²) in [5.41, 5.74) is 1.48. The molecule has 0 aliphatic carbocycles. The zero-order chi connectivity index (χ0) is 23.7. The van der Waals surface area contributed by atoms with Crippen LogP contribution in [0.5, 0.6) is 0 Å². The number of hydrogen-bond donors (Lipinski definition) is 1. The van der Waals surface area contributed by atoms with Gasteiger partial charge < -0.3 is 5.32 Å². The monoisotopic (exact) mass is 449 g/mol. The third-order valence-corrected chi connectivity index (χ3v) is 6.57. The summed E-state index contributed by atoms with van der Waals surface area (Å²) in [4.78, 5) is 30.2. The Kier molecular flexibility index (Phi) is 9.07. The molecule has 1 heterocycles. The second-order valence-electron chi connectivity index (χ2n) is 9.34. The number of unbranched alkanes of at least 4 members (excludes halogenated alkanes) is 7. The maximum absolute atomic E-state index is 13.8. The van der Waals surface area contributed by atoms with Crippen molar-refractivity contribution >= 4 is 11.9 Å². The van der Waals surface area contributed by atoms with E-state index in [0.29, 0.717) is 6.67 Å². The van der Waals surface area contributed by atoms with Crippen molar-refractivity contribution in [2.24, 2.45) is 0 Å². The van der Waals surface area contributed by atoms with Crippen LogP contribution < -0.4 is 5.32 Å². The zero-order valence-corrected chi connectivity index (χ0v) is 20.5. The van der Waals surface area contributed by atoms with E-state index in [0.717, 1.165) is 29.7 Å². The maximum atomic E-state index is 13.8. The molecule has 5 heteroatoms. The van der Waals surface area contributed by atoms with E-state index < -0.39 is 5.54 Å². The number of carbonyl (C=O) groups excluding carboxylic acids is 2. The highest BCUT2D eigenvalue weighted by atomic mass is 16.2. The van der Waals surface area contributed by atoms with Gasteiger partial charge in [-0.1, -0.05) is 112 Å². The first kappa shape index (κ1) is 25.0. The number of nitrogens with zero attached hydrogens (tertiary/aromatic N) is 2. The summed E-state index contributed by atoms with van der Waals surface area (Å²) in [5, 5.41) is 3.04. The minimum Gasteiger partial charge on any atom is -0.315 e. The first-order chi connectivity index (χ1) is 16.0. The van der Waals surface area contributed by atoms with Gasteiger partial charge in [0.25, 0.3) is 5.91 Å². The van der Waals surface area contributed by atoms with E-state index in [1.807, 2.05) is 68.6 Å². The SMILES string of the molecule is CCCCCCCCCCN(C)CN1C(=O)NC(c2ccccc2)(c2ccc(C)cc2)C1=O. The first-order valence-electron chi connectivity index (χ1n) is 12.4. The second-order valence-corrected chi connectivity index (χ2v) is 9.34. The number of benzene rings is 2. The number of aryl methyl sites for hydroxylation is 1. The average Bonchev–Trinajstić information content (AvgIpc) is 3.07. The fourth-order valence-corrected chi connectivity index (χ4v) is 4.58. The van der Waals surface area contributed by atoms with Gasteiger partial charge in [-0.2, -0.15) is 0 Å². The molecule has 0 radical (unpaired) electrons. The smallest absolute Gasteiger partial charge is 0.315 e. The van der Waals surface area contributed by atoms with E-state index in [1.165, 1.54) is 49.8 Å². The summed E-state index contributed by atoms with van der Waals surface area (Å²) in [6, 6.07) is 17.0. The molecule has 1 saturated heterocycles. The van der Waals surface area contributed by atoms with Crippen molar-refractivity contribution in [2.75, 3.05) is 20.3 Å². The van der Waals surface area contributed by atoms with Crippen LogP contribution in [0.1, 0.15) is 75.0 Å². The normalized spacial score (nSPS) is 18.2.